The number of hydrogen-bond donors (Lipinski definition) is 0. The SMILES string of the molecule is COc1ccc(C(=O)COC(=O)Cc2ccccc2)cc1OC. The van der Waals surface area contributed by atoms with Crippen molar-refractivity contribution < 1.29 is 23.8 Å². The lowest BCUT2D eigenvalue weighted by Gasteiger charge is -2.09. The van der Waals surface area contributed by atoms with Gasteiger partial charge in [-0.3, -0.25) is 9.59 Å². The molecule has 0 aliphatic carbocycles. The molecule has 0 atom stereocenters. The highest BCUT2D eigenvalue weighted by atomic mass is 16.5. The molecule has 2 aromatic carbocycles. The van der Waals surface area contributed by atoms with Gasteiger partial charge in [0.05, 0.1) is 20.6 Å². The fourth-order valence-electron chi connectivity index (χ4n) is 2.05. The van der Waals surface area contributed by atoms with E-state index in [1.165, 1.54) is 14.2 Å². The summed E-state index contributed by atoms with van der Waals surface area (Å²) in [6.07, 6.45) is 0.139. The largest absolute Gasteiger partial charge is 0.493 e. The molecular formula is C18H18O5. The van der Waals surface area contributed by atoms with E-state index in [9.17, 15) is 9.59 Å². The number of ether oxygens (including phenoxy) is 3. The Bertz CT molecular complexity index is 679. The van der Waals surface area contributed by atoms with Gasteiger partial charge in [0.25, 0.3) is 0 Å². The molecule has 0 bridgehead atoms. The molecule has 23 heavy (non-hydrogen) atoms. The van der Waals surface area contributed by atoms with Gasteiger partial charge in [0.15, 0.2) is 23.9 Å². The maximum Gasteiger partial charge on any atom is 0.310 e. The van der Waals surface area contributed by atoms with Crippen molar-refractivity contribution in [1.82, 2.24) is 0 Å². The van der Waals surface area contributed by atoms with Gasteiger partial charge in [-0.1, -0.05) is 30.3 Å². The summed E-state index contributed by atoms with van der Waals surface area (Å²) in [5.41, 5.74) is 1.24. The Morgan fingerprint density at radius 3 is 2.26 bits per heavy atom. The van der Waals surface area contributed by atoms with Crippen LogP contribution in [0.1, 0.15) is 15.9 Å². The molecule has 2 aromatic rings. The Hall–Kier alpha value is -2.82. The number of esters is 1. The van der Waals surface area contributed by atoms with E-state index in [1.54, 1.807) is 18.2 Å². The predicted molar refractivity (Wildman–Crippen MR) is 85.0 cm³/mol. The van der Waals surface area contributed by atoms with Gasteiger partial charge in [-0.05, 0) is 23.8 Å². The van der Waals surface area contributed by atoms with Gasteiger partial charge < -0.3 is 14.2 Å². The van der Waals surface area contributed by atoms with Crippen molar-refractivity contribution in [2.24, 2.45) is 0 Å². The lowest BCUT2D eigenvalue weighted by molar-refractivity contribution is -0.141. The lowest BCUT2D eigenvalue weighted by atomic mass is 10.1. The van der Waals surface area contributed by atoms with Gasteiger partial charge in [-0.2, -0.15) is 0 Å². The Morgan fingerprint density at radius 1 is 0.913 bits per heavy atom. The molecule has 0 aliphatic heterocycles. The fraction of sp³-hybridized carbons (Fsp3) is 0.222. The molecule has 0 saturated heterocycles. The van der Waals surface area contributed by atoms with Crippen molar-refractivity contribution in [2.45, 2.75) is 6.42 Å². The van der Waals surface area contributed by atoms with Crippen LogP contribution < -0.4 is 9.47 Å². The molecular weight excluding hydrogens is 296 g/mol. The maximum absolute atomic E-state index is 12.1. The Kier molecular flexibility index (Phi) is 5.74. The van der Waals surface area contributed by atoms with Crippen LogP contribution in [0, 0.1) is 0 Å². The molecule has 0 N–H and O–H groups in total. The second-order valence-electron chi connectivity index (χ2n) is 4.82. The van der Waals surface area contributed by atoms with Crippen LogP contribution in [-0.4, -0.2) is 32.6 Å². The minimum atomic E-state index is -0.440. The van der Waals surface area contributed by atoms with Crippen LogP contribution >= 0.6 is 0 Å². The summed E-state index contributed by atoms with van der Waals surface area (Å²) in [5.74, 6) is 0.247. The first-order valence-corrected chi connectivity index (χ1v) is 7.09. The smallest absolute Gasteiger partial charge is 0.310 e. The summed E-state index contributed by atoms with van der Waals surface area (Å²) in [7, 11) is 3.01. The van der Waals surface area contributed by atoms with Crippen molar-refractivity contribution in [1.29, 1.82) is 0 Å². The molecule has 0 amide bonds. The average Bonchev–Trinajstić information content (AvgIpc) is 2.59. The molecule has 5 nitrogen and oxygen atoms in total. The molecule has 5 heteroatoms. The summed E-state index contributed by atoms with van der Waals surface area (Å²) in [6.45, 7) is -0.304. The number of rotatable bonds is 7. The molecule has 0 aliphatic rings. The van der Waals surface area contributed by atoms with E-state index < -0.39 is 5.97 Å². The van der Waals surface area contributed by atoms with Crippen LogP contribution in [0.5, 0.6) is 11.5 Å². The third-order valence-corrected chi connectivity index (χ3v) is 3.26. The number of ketones is 1. The van der Waals surface area contributed by atoms with E-state index in [4.69, 9.17) is 14.2 Å². The highest BCUT2D eigenvalue weighted by Gasteiger charge is 2.13. The van der Waals surface area contributed by atoms with E-state index in [0.29, 0.717) is 17.1 Å². The number of carbonyl (C=O) groups excluding carboxylic acids is 2. The number of methoxy groups -OCH3 is 2. The van der Waals surface area contributed by atoms with E-state index >= 15 is 0 Å². The topological polar surface area (TPSA) is 61.8 Å². The zero-order valence-corrected chi connectivity index (χ0v) is 13.1. The normalized spacial score (nSPS) is 10.0. The molecule has 0 radical (unpaired) electrons. The number of Topliss-reactive ketones (excluding diaryl/α,β-unsaturated/α-hetero) is 1. The van der Waals surface area contributed by atoms with Gasteiger partial charge in [0.2, 0.25) is 0 Å². The fourth-order valence-corrected chi connectivity index (χ4v) is 2.05. The zero-order valence-electron chi connectivity index (χ0n) is 13.1. The van der Waals surface area contributed by atoms with Crippen molar-refractivity contribution in [2.75, 3.05) is 20.8 Å². The van der Waals surface area contributed by atoms with Crippen molar-refractivity contribution in [3.05, 3.63) is 59.7 Å². The molecule has 0 saturated carbocycles. The molecule has 0 heterocycles. The minimum Gasteiger partial charge on any atom is -0.493 e. The number of benzene rings is 2. The van der Waals surface area contributed by atoms with Crippen molar-refractivity contribution in [3.63, 3.8) is 0 Å². The molecule has 0 fully saturated rings. The van der Waals surface area contributed by atoms with E-state index in [0.717, 1.165) is 5.56 Å². The first kappa shape index (κ1) is 16.5. The summed E-state index contributed by atoms with van der Waals surface area (Å²) >= 11 is 0. The quantitative estimate of drug-likeness (QED) is 0.581. The third kappa shape index (κ3) is 4.57. The zero-order chi connectivity index (χ0) is 16.7. The summed E-state index contributed by atoms with van der Waals surface area (Å²) in [6, 6.07) is 14.0. The molecule has 0 unspecified atom stereocenters. The summed E-state index contributed by atoms with van der Waals surface area (Å²) in [5, 5.41) is 0. The van der Waals surface area contributed by atoms with Gasteiger partial charge >= 0.3 is 5.97 Å². The highest BCUT2D eigenvalue weighted by molar-refractivity contribution is 5.98. The average molecular weight is 314 g/mol. The first-order valence-electron chi connectivity index (χ1n) is 7.09. The van der Waals surface area contributed by atoms with Crippen molar-refractivity contribution >= 4 is 11.8 Å². The lowest BCUT2D eigenvalue weighted by Crippen LogP contribution is -2.15. The standard InChI is InChI=1S/C18H18O5/c1-21-16-9-8-14(11-17(16)22-2)15(19)12-23-18(20)10-13-6-4-3-5-7-13/h3-9,11H,10,12H2,1-2H3. The van der Waals surface area contributed by atoms with Gasteiger partial charge in [0, 0.05) is 5.56 Å². The van der Waals surface area contributed by atoms with Crippen LogP contribution in [0.4, 0.5) is 0 Å². The van der Waals surface area contributed by atoms with E-state index in [-0.39, 0.29) is 18.8 Å². The molecule has 0 aromatic heterocycles. The Morgan fingerprint density at radius 2 is 1.61 bits per heavy atom. The van der Waals surface area contributed by atoms with Crippen molar-refractivity contribution in [3.8, 4) is 11.5 Å². The van der Waals surface area contributed by atoms with Crippen LogP contribution in [0.25, 0.3) is 0 Å². The first-order chi connectivity index (χ1) is 11.1. The van der Waals surface area contributed by atoms with Crippen LogP contribution in [0.2, 0.25) is 0 Å². The Labute approximate surface area is 134 Å². The predicted octanol–water partition coefficient (Wildman–Crippen LogP) is 2.67. The molecule has 0 spiro atoms. The highest BCUT2D eigenvalue weighted by Crippen LogP contribution is 2.27. The summed E-state index contributed by atoms with van der Waals surface area (Å²) in [4.78, 5) is 23.8. The third-order valence-electron chi connectivity index (χ3n) is 3.26. The molecule has 120 valence electrons. The minimum absolute atomic E-state index is 0.139. The summed E-state index contributed by atoms with van der Waals surface area (Å²) < 4.78 is 15.3. The van der Waals surface area contributed by atoms with Crippen LogP contribution in [-0.2, 0) is 16.0 Å². The van der Waals surface area contributed by atoms with Gasteiger partial charge in [-0.25, -0.2) is 0 Å². The maximum atomic E-state index is 12.1. The van der Waals surface area contributed by atoms with E-state index in [1.807, 2.05) is 30.3 Å². The molecule has 2 rings (SSSR count). The van der Waals surface area contributed by atoms with E-state index in [2.05, 4.69) is 0 Å². The second kappa shape index (κ2) is 7.98. The number of hydrogen-bond acceptors (Lipinski definition) is 5. The van der Waals surface area contributed by atoms with Gasteiger partial charge in [0.1, 0.15) is 0 Å². The monoisotopic (exact) mass is 314 g/mol. The number of carbonyl (C=O) groups is 2. The van der Waals surface area contributed by atoms with Crippen LogP contribution in [0.15, 0.2) is 48.5 Å². The Balaban J connectivity index is 1.93. The second-order valence-corrected chi connectivity index (χ2v) is 4.82. The van der Waals surface area contributed by atoms with Crippen LogP contribution in [0.3, 0.4) is 0 Å². The van der Waals surface area contributed by atoms with Gasteiger partial charge in [-0.15, -0.1) is 0 Å².